The molecule has 6 heteroatoms. The number of amides is 1. The summed E-state index contributed by atoms with van der Waals surface area (Å²) in [7, 11) is 0. The van der Waals surface area contributed by atoms with Crippen LogP contribution in [-0.2, 0) is 6.54 Å². The highest BCUT2D eigenvalue weighted by molar-refractivity contribution is 5.95. The Balaban J connectivity index is 1.84. The summed E-state index contributed by atoms with van der Waals surface area (Å²) in [5, 5.41) is 2.67. The highest BCUT2D eigenvalue weighted by atomic mass is 19.1. The van der Waals surface area contributed by atoms with Crippen molar-refractivity contribution >= 4 is 17.3 Å². The third-order valence-corrected chi connectivity index (χ3v) is 4.30. The number of pyridine rings is 1. The van der Waals surface area contributed by atoms with E-state index in [4.69, 9.17) is 0 Å². The zero-order valence-electron chi connectivity index (χ0n) is 15.7. The lowest BCUT2D eigenvalue weighted by atomic mass is 10.1. The van der Waals surface area contributed by atoms with Crippen LogP contribution in [0.5, 0.6) is 0 Å². The lowest BCUT2D eigenvalue weighted by Crippen LogP contribution is -2.36. The molecule has 3 aromatic rings. The highest BCUT2D eigenvalue weighted by Gasteiger charge is 2.20. The summed E-state index contributed by atoms with van der Waals surface area (Å²) in [6.07, 6.45) is 2.87. The van der Waals surface area contributed by atoms with Gasteiger partial charge in [0.2, 0.25) is 0 Å². The third-order valence-electron chi connectivity index (χ3n) is 4.30. The van der Waals surface area contributed by atoms with Crippen molar-refractivity contribution in [2.45, 2.75) is 26.4 Å². The Bertz CT molecular complexity index is 941. The van der Waals surface area contributed by atoms with Gasteiger partial charge in [-0.1, -0.05) is 36.4 Å². The van der Waals surface area contributed by atoms with E-state index in [0.29, 0.717) is 17.8 Å². The van der Waals surface area contributed by atoms with Crippen LogP contribution in [0.3, 0.4) is 0 Å². The first-order valence-electron chi connectivity index (χ1n) is 8.96. The molecule has 3 rings (SSSR count). The average molecular weight is 381 g/mol. The van der Waals surface area contributed by atoms with Gasteiger partial charge in [0.05, 0.1) is 17.4 Å². The molecule has 1 N–H and O–H groups in total. The molecule has 0 aliphatic heterocycles. The van der Waals surface area contributed by atoms with Gasteiger partial charge in [-0.2, -0.15) is 0 Å². The van der Waals surface area contributed by atoms with E-state index < -0.39 is 11.6 Å². The minimum Gasteiger partial charge on any atom is -0.349 e. The van der Waals surface area contributed by atoms with Crippen LogP contribution in [0.25, 0.3) is 0 Å². The number of aromatic nitrogens is 1. The number of carbonyl (C=O) groups is 1. The van der Waals surface area contributed by atoms with Crippen molar-refractivity contribution in [1.82, 2.24) is 9.88 Å². The maximum atomic E-state index is 13.9. The van der Waals surface area contributed by atoms with Crippen molar-refractivity contribution in [1.29, 1.82) is 0 Å². The number of rotatable bonds is 6. The fourth-order valence-electron chi connectivity index (χ4n) is 2.82. The average Bonchev–Trinajstić information content (AvgIpc) is 2.69. The van der Waals surface area contributed by atoms with E-state index in [1.54, 1.807) is 11.0 Å². The van der Waals surface area contributed by atoms with Gasteiger partial charge in [0.25, 0.3) is 5.91 Å². The molecule has 28 heavy (non-hydrogen) atoms. The standard InChI is InChI=1S/C22H21F2N3O/c1-15(2)27(14-16-7-4-3-5-8-16)22(28)17-11-18(13-25-12-17)26-21-19(23)9-6-10-20(21)24/h3-13,15,26H,14H2,1-2H3. The monoisotopic (exact) mass is 381 g/mol. The van der Waals surface area contributed by atoms with Gasteiger partial charge in [0.15, 0.2) is 0 Å². The molecule has 1 heterocycles. The lowest BCUT2D eigenvalue weighted by molar-refractivity contribution is 0.0690. The zero-order valence-corrected chi connectivity index (χ0v) is 15.7. The van der Waals surface area contributed by atoms with E-state index in [-0.39, 0.29) is 17.6 Å². The van der Waals surface area contributed by atoms with Crippen LogP contribution in [0.1, 0.15) is 29.8 Å². The molecule has 1 aromatic heterocycles. The first-order valence-corrected chi connectivity index (χ1v) is 8.96. The molecule has 0 aliphatic carbocycles. The van der Waals surface area contributed by atoms with E-state index in [1.165, 1.54) is 18.5 Å². The van der Waals surface area contributed by atoms with Crippen LogP contribution in [0, 0.1) is 11.6 Å². The predicted octanol–water partition coefficient (Wildman–Crippen LogP) is 5.15. The van der Waals surface area contributed by atoms with Crippen LogP contribution < -0.4 is 5.32 Å². The molecule has 2 aromatic carbocycles. The molecule has 4 nitrogen and oxygen atoms in total. The topological polar surface area (TPSA) is 45.2 Å². The van der Waals surface area contributed by atoms with Crippen molar-refractivity contribution in [2.24, 2.45) is 0 Å². The summed E-state index contributed by atoms with van der Waals surface area (Å²) in [6.45, 7) is 4.33. The SMILES string of the molecule is CC(C)N(Cc1ccccc1)C(=O)c1cncc(Nc2c(F)cccc2F)c1. The number of anilines is 2. The zero-order chi connectivity index (χ0) is 20.1. The predicted molar refractivity (Wildman–Crippen MR) is 105 cm³/mol. The summed E-state index contributed by atoms with van der Waals surface area (Å²) in [5.74, 6) is -1.64. The fraction of sp³-hybridized carbons (Fsp3) is 0.182. The molecule has 1 amide bonds. The molecule has 0 fully saturated rings. The van der Waals surface area contributed by atoms with Crippen LogP contribution in [0.15, 0.2) is 67.0 Å². The van der Waals surface area contributed by atoms with Crippen molar-refractivity contribution in [3.63, 3.8) is 0 Å². The Morgan fingerprint density at radius 3 is 2.36 bits per heavy atom. The molecule has 0 atom stereocenters. The van der Waals surface area contributed by atoms with Crippen LogP contribution >= 0.6 is 0 Å². The maximum absolute atomic E-state index is 13.9. The number of para-hydroxylation sites is 1. The number of carbonyl (C=O) groups excluding carboxylic acids is 1. The Morgan fingerprint density at radius 1 is 1.04 bits per heavy atom. The first-order chi connectivity index (χ1) is 13.5. The molecule has 144 valence electrons. The summed E-state index contributed by atoms with van der Waals surface area (Å²) in [5.41, 5.74) is 1.41. The Kier molecular flexibility index (Phi) is 5.99. The quantitative estimate of drug-likeness (QED) is 0.642. The maximum Gasteiger partial charge on any atom is 0.256 e. The Labute approximate surface area is 162 Å². The molecular formula is C22H21F2N3O. The van der Waals surface area contributed by atoms with Crippen molar-refractivity contribution in [2.75, 3.05) is 5.32 Å². The number of nitrogens with one attached hydrogen (secondary N) is 1. The number of nitrogens with zero attached hydrogens (tertiary/aromatic N) is 2. The van der Waals surface area contributed by atoms with Crippen molar-refractivity contribution < 1.29 is 13.6 Å². The second-order valence-corrected chi connectivity index (χ2v) is 6.70. The second-order valence-electron chi connectivity index (χ2n) is 6.70. The van der Waals surface area contributed by atoms with E-state index in [9.17, 15) is 13.6 Å². The van der Waals surface area contributed by atoms with Gasteiger partial charge in [-0.05, 0) is 37.6 Å². The molecule has 0 spiro atoms. The number of hydrogen-bond acceptors (Lipinski definition) is 3. The smallest absolute Gasteiger partial charge is 0.256 e. The number of hydrogen-bond donors (Lipinski definition) is 1. The molecule has 0 radical (unpaired) electrons. The minimum absolute atomic E-state index is 0.0340. The molecule has 0 saturated heterocycles. The first kappa shape index (κ1) is 19.5. The van der Waals surface area contributed by atoms with E-state index in [0.717, 1.165) is 17.7 Å². The molecular weight excluding hydrogens is 360 g/mol. The normalized spacial score (nSPS) is 10.8. The molecule has 0 aliphatic rings. The van der Waals surface area contributed by atoms with Crippen LogP contribution in [0.2, 0.25) is 0 Å². The summed E-state index contributed by atoms with van der Waals surface area (Å²) >= 11 is 0. The van der Waals surface area contributed by atoms with Gasteiger partial charge in [-0.25, -0.2) is 8.78 Å². The molecule has 0 unspecified atom stereocenters. The third kappa shape index (κ3) is 4.52. The molecule has 0 saturated carbocycles. The minimum atomic E-state index is -0.718. The van der Waals surface area contributed by atoms with Gasteiger partial charge in [0, 0.05) is 18.8 Å². The lowest BCUT2D eigenvalue weighted by Gasteiger charge is -2.27. The Morgan fingerprint density at radius 2 is 1.71 bits per heavy atom. The van der Waals surface area contributed by atoms with Crippen LogP contribution in [0.4, 0.5) is 20.2 Å². The number of benzene rings is 2. The fourth-order valence-corrected chi connectivity index (χ4v) is 2.82. The largest absolute Gasteiger partial charge is 0.349 e. The Hall–Kier alpha value is -3.28. The van der Waals surface area contributed by atoms with Gasteiger partial charge in [-0.3, -0.25) is 9.78 Å². The summed E-state index contributed by atoms with van der Waals surface area (Å²) in [4.78, 5) is 18.8. The van der Waals surface area contributed by atoms with Gasteiger partial charge in [0.1, 0.15) is 17.3 Å². The van der Waals surface area contributed by atoms with Crippen molar-refractivity contribution in [3.05, 3.63) is 89.8 Å². The van der Waals surface area contributed by atoms with E-state index in [2.05, 4.69) is 10.3 Å². The highest BCUT2D eigenvalue weighted by Crippen LogP contribution is 2.24. The summed E-state index contributed by atoms with van der Waals surface area (Å²) < 4.78 is 27.7. The van der Waals surface area contributed by atoms with Gasteiger partial charge < -0.3 is 10.2 Å². The van der Waals surface area contributed by atoms with Gasteiger partial charge >= 0.3 is 0 Å². The van der Waals surface area contributed by atoms with Gasteiger partial charge in [-0.15, -0.1) is 0 Å². The van der Waals surface area contributed by atoms with Crippen molar-refractivity contribution in [3.8, 4) is 0 Å². The van der Waals surface area contributed by atoms with Crippen LogP contribution in [-0.4, -0.2) is 21.8 Å². The molecule has 0 bridgehead atoms. The van der Waals surface area contributed by atoms with E-state index >= 15 is 0 Å². The van der Waals surface area contributed by atoms with E-state index in [1.807, 2.05) is 44.2 Å². The summed E-state index contributed by atoms with van der Waals surface area (Å²) in [6, 6.07) is 14.8. The second kappa shape index (κ2) is 8.61. The number of halogens is 2.